The predicted molar refractivity (Wildman–Crippen MR) is 115 cm³/mol. The van der Waals surface area contributed by atoms with Crippen molar-refractivity contribution in [2.45, 2.75) is 26.7 Å². The maximum atomic E-state index is 13.1. The lowest BCUT2D eigenvalue weighted by molar-refractivity contribution is -0.116. The first-order chi connectivity index (χ1) is 15.9. The van der Waals surface area contributed by atoms with Crippen LogP contribution in [0.25, 0.3) is 11.4 Å². The Balaban J connectivity index is 1.67. The summed E-state index contributed by atoms with van der Waals surface area (Å²) in [5.41, 5.74) is 1.04. The fraction of sp³-hybridized carbons (Fsp3) is 0.261. The van der Waals surface area contributed by atoms with E-state index in [1.165, 1.54) is 42.5 Å². The van der Waals surface area contributed by atoms with Crippen LogP contribution in [-0.4, -0.2) is 41.2 Å². The molecule has 0 unspecified atom stereocenters. The van der Waals surface area contributed by atoms with Gasteiger partial charge in [-0.25, -0.2) is 14.0 Å². The predicted octanol–water partition coefficient (Wildman–Crippen LogP) is 3.80. The number of aromatic nitrogens is 2. The fourth-order valence-electron chi connectivity index (χ4n) is 2.88. The molecular formula is C23H22FN3O6. The zero-order chi connectivity index (χ0) is 23.8. The van der Waals surface area contributed by atoms with Gasteiger partial charge in [0.2, 0.25) is 17.6 Å². The van der Waals surface area contributed by atoms with Gasteiger partial charge in [0.25, 0.3) is 0 Å². The number of carbonyl (C=O) groups excluding carboxylic acids is 3. The number of amides is 1. The van der Waals surface area contributed by atoms with Gasteiger partial charge in [-0.05, 0) is 56.3 Å². The lowest BCUT2D eigenvalue weighted by Gasteiger charge is -2.10. The van der Waals surface area contributed by atoms with Crippen LogP contribution in [0.3, 0.4) is 0 Å². The first-order valence-corrected chi connectivity index (χ1v) is 10.3. The third kappa shape index (κ3) is 6.45. The Morgan fingerprint density at radius 1 is 0.970 bits per heavy atom. The number of hydrogen-bond donors (Lipinski definition) is 1. The van der Waals surface area contributed by atoms with Gasteiger partial charge >= 0.3 is 11.9 Å². The highest BCUT2D eigenvalue weighted by Crippen LogP contribution is 2.19. The van der Waals surface area contributed by atoms with Crippen LogP contribution in [0.4, 0.5) is 10.1 Å². The van der Waals surface area contributed by atoms with Crippen LogP contribution in [0.2, 0.25) is 0 Å². The first-order valence-electron chi connectivity index (χ1n) is 10.3. The van der Waals surface area contributed by atoms with Crippen LogP contribution in [0.1, 0.15) is 46.9 Å². The molecule has 0 aliphatic carbocycles. The summed E-state index contributed by atoms with van der Waals surface area (Å²) in [4.78, 5) is 40.9. The topological polar surface area (TPSA) is 121 Å². The minimum absolute atomic E-state index is 0.00340. The molecule has 3 aromatic rings. The molecule has 0 fully saturated rings. The van der Waals surface area contributed by atoms with Gasteiger partial charge in [-0.1, -0.05) is 5.16 Å². The normalized spacial score (nSPS) is 10.5. The molecule has 3 rings (SSSR count). The van der Waals surface area contributed by atoms with Gasteiger partial charge in [0.15, 0.2) is 0 Å². The van der Waals surface area contributed by atoms with Crippen molar-refractivity contribution in [2.24, 2.45) is 0 Å². The molecule has 0 aliphatic rings. The van der Waals surface area contributed by atoms with Gasteiger partial charge in [-0.2, -0.15) is 4.98 Å². The summed E-state index contributed by atoms with van der Waals surface area (Å²) < 4.78 is 28.2. The SMILES string of the molecule is CCOC(=O)c1cc(NC(=O)CCc2nc(-c3ccc(F)cc3)no2)cc(C(=O)OCC)c1. The maximum Gasteiger partial charge on any atom is 0.338 e. The molecule has 9 nitrogen and oxygen atoms in total. The van der Waals surface area contributed by atoms with Crippen molar-refractivity contribution in [3.05, 3.63) is 65.3 Å². The average Bonchev–Trinajstić information content (AvgIpc) is 3.27. The standard InChI is InChI=1S/C23H22FN3O6/c1-3-31-22(29)15-11-16(23(30)32-4-2)13-18(12-15)25-19(28)9-10-20-26-21(27-33-20)14-5-7-17(24)8-6-14/h5-8,11-13H,3-4,9-10H2,1-2H3,(H,25,28). The van der Waals surface area contributed by atoms with Crippen molar-refractivity contribution in [1.29, 1.82) is 0 Å². The van der Waals surface area contributed by atoms with Gasteiger partial charge in [-0.15, -0.1) is 0 Å². The van der Waals surface area contributed by atoms with Crippen LogP contribution < -0.4 is 5.32 Å². The molecule has 0 radical (unpaired) electrons. The second-order valence-corrected chi connectivity index (χ2v) is 6.81. The van der Waals surface area contributed by atoms with Crippen molar-refractivity contribution < 1.29 is 32.8 Å². The Labute approximate surface area is 188 Å². The summed E-state index contributed by atoms with van der Waals surface area (Å²) in [5.74, 6) is -1.51. The molecule has 172 valence electrons. The van der Waals surface area contributed by atoms with Crippen molar-refractivity contribution in [1.82, 2.24) is 10.1 Å². The van der Waals surface area contributed by atoms with Crippen LogP contribution in [0.5, 0.6) is 0 Å². The van der Waals surface area contributed by atoms with E-state index < -0.39 is 17.8 Å². The van der Waals surface area contributed by atoms with E-state index in [0.717, 1.165) is 0 Å². The van der Waals surface area contributed by atoms with E-state index in [0.29, 0.717) is 5.56 Å². The summed E-state index contributed by atoms with van der Waals surface area (Å²) in [5, 5.41) is 6.48. The van der Waals surface area contributed by atoms with Crippen LogP contribution in [0.15, 0.2) is 47.0 Å². The number of anilines is 1. The number of nitrogens with one attached hydrogen (secondary N) is 1. The molecule has 0 spiro atoms. The highest BCUT2D eigenvalue weighted by molar-refractivity contribution is 5.99. The summed E-state index contributed by atoms with van der Waals surface area (Å²) >= 11 is 0. The number of halogens is 1. The van der Waals surface area contributed by atoms with E-state index in [2.05, 4.69) is 15.5 Å². The fourth-order valence-corrected chi connectivity index (χ4v) is 2.88. The zero-order valence-corrected chi connectivity index (χ0v) is 18.1. The summed E-state index contributed by atoms with van der Waals surface area (Å²) in [7, 11) is 0. The van der Waals surface area contributed by atoms with E-state index in [4.69, 9.17) is 14.0 Å². The Kier molecular flexibility index (Phi) is 7.85. The van der Waals surface area contributed by atoms with E-state index in [9.17, 15) is 18.8 Å². The largest absolute Gasteiger partial charge is 0.462 e. The van der Waals surface area contributed by atoms with Crippen molar-refractivity contribution in [2.75, 3.05) is 18.5 Å². The number of aryl methyl sites for hydroxylation is 1. The molecule has 1 N–H and O–H groups in total. The summed E-state index contributed by atoms with van der Waals surface area (Å²) in [6.45, 7) is 3.64. The van der Waals surface area contributed by atoms with Gasteiger partial charge in [0, 0.05) is 24.1 Å². The number of rotatable bonds is 9. The van der Waals surface area contributed by atoms with E-state index in [1.54, 1.807) is 13.8 Å². The summed E-state index contributed by atoms with van der Waals surface area (Å²) in [6, 6.07) is 9.79. The maximum absolute atomic E-state index is 13.1. The quantitative estimate of drug-likeness (QED) is 0.484. The first kappa shape index (κ1) is 23.6. The zero-order valence-electron chi connectivity index (χ0n) is 18.1. The van der Waals surface area contributed by atoms with Crippen LogP contribution in [0, 0.1) is 5.82 Å². The second kappa shape index (κ2) is 11.0. The lowest BCUT2D eigenvalue weighted by Crippen LogP contribution is -2.15. The number of hydrogen-bond acceptors (Lipinski definition) is 8. The molecule has 0 atom stereocenters. The lowest BCUT2D eigenvalue weighted by atomic mass is 10.1. The van der Waals surface area contributed by atoms with E-state index in [-0.39, 0.29) is 60.4 Å². The molecule has 0 saturated carbocycles. The molecule has 0 bridgehead atoms. The molecule has 1 amide bonds. The van der Waals surface area contributed by atoms with E-state index >= 15 is 0 Å². The minimum atomic E-state index is -0.627. The molecule has 2 aromatic carbocycles. The highest BCUT2D eigenvalue weighted by atomic mass is 19.1. The summed E-state index contributed by atoms with van der Waals surface area (Å²) in [6.07, 6.45) is 0.158. The smallest absolute Gasteiger partial charge is 0.338 e. The third-order valence-corrected chi connectivity index (χ3v) is 4.38. The molecular weight excluding hydrogens is 433 g/mol. The Morgan fingerprint density at radius 2 is 1.58 bits per heavy atom. The van der Waals surface area contributed by atoms with E-state index in [1.807, 2.05) is 0 Å². The monoisotopic (exact) mass is 455 g/mol. The molecule has 33 heavy (non-hydrogen) atoms. The third-order valence-electron chi connectivity index (χ3n) is 4.38. The molecule has 1 aromatic heterocycles. The number of esters is 2. The van der Waals surface area contributed by atoms with Gasteiger partial charge in [0.1, 0.15) is 5.82 Å². The van der Waals surface area contributed by atoms with Gasteiger partial charge in [0.05, 0.1) is 24.3 Å². The Morgan fingerprint density at radius 3 is 2.15 bits per heavy atom. The van der Waals surface area contributed by atoms with Crippen LogP contribution in [-0.2, 0) is 20.7 Å². The number of nitrogens with zero attached hydrogens (tertiary/aromatic N) is 2. The Bertz CT molecular complexity index is 1110. The average molecular weight is 455 g/mol. The number of benzene rings is 2. The number of carbonyl (C=O) groups is 3. The minimum Gasteiger partial charge on any atom is -0.462 e. The number of ether oxygens (including phenoxy) is 2. The molecule has 1 heterocycles. The van der Waals surface area contributed by atoms with Crippen molar-refractivity contribution in [3.63, 3.8) is 0 Å². The molecule has 0 aliphatic heterocycles. The highest BCUT2D eigenvalue weighted by Gasteiger charge is 2.16. The Hall–Kier alpha value is -4.08. The molecule has 10 heteroatoms. The van der Waals surface area contributed by atoms with Gasteiger partial charge in [-0.3, -0.25) is 4.79 Å². The van der Waals surface area contributed by atoms with Gasteiger partial charge < -0.3 is 19.3 Å². The van der Waals surface area contributed by atoms with Crippen molar-refractivity contribution >= 4 is 23.5 Å². The van der Waals surface area contributed by atoms with Crippen molar-refractivity contribution in [3.8, 4) is 11.4 Å². The second-order valence-electron chi connectivity index (χ2n) is 6.81. The molecule has 0 saturated heterocycles. The van der Waals surface area contributed by atoms with Crippen LogP contribution >= 0.6 is 0 Å².